The van der Waals surface area contributed by atoms with Crippen LogP contribution in [0.15, 0.2) is 23.8 Å². The van der Waals surface area contributed by atoms with Crippen LogP contribution in [0.1, 0.15) is 0 Å². The van der Waals surface area contributed by atoms with Crippen molar-refractivity contribution >= 4 is 5.91 Å². The van der Waals surface area contributed by atoms with E-state index in [9.17, 15) is 9.90 Å². The van der Waals surface area contributed by atoms with Crippen molar-refractivity contribution in [1.82, 2.24) is 5.32 Å². The molecule has 2 aliphatic rings. The van der Waals surface area contributed by atoms with Crippen LogP contribution in [0.5, 0.6) is 0 Å². The zero-order valence-electron chi connectivity index (χ0n) is 8.56. The van der Waals surface area contributed by atoms with Gasteiger partial charge in [-0.05, 0) is 0 Å². The molecule has 5 nitrogen and oxygen atoms in total. The first kappa shape index (κ1) is 10.4. The van der Waals surface area contributed by atoms with Crippen LogP contribution in [0.3, 0.4) is 0 Å². The molecule has 2 rings (SSSR count). The first-order valence-corrected chi connectivity index (χ1v) is 4.62. The molecule has 0 unspecified atom stereocenters. The lowest BCUT2D eigenvalue weighted by Gasteiger charge is -2.39. The normalized spacial score (nSPS) is 38.6. The van der Waals surface area contributed by atoms with Crippen LogP contribution in [-0.4, -0.2) is 43.2 Å². The molecule has 0 aromatic heterocycles. The number of amides is 1. The van der Waals surface area contributed by atoms with E-state index in [1.165, 1.54) is 20.3 Å². The van der Waals surface area contributed by atoms with E-state index in [0.717, 1.165) is 0 Å². The molecule has 1 aliphatic heterocycles. The molecule has 0 radical (unpaired) electrons. The SMILES string of the molecule is CO[C@@H]1C=CC2=CC(=O)N[C@]2(OC)[C@H]1O. The number of aliphatic hydroxyl groups is 1. The van der Waals surface area contributed by atoms with Crippen molar-refractivity contribution in [2.75, 3.05) is 14.2 Å². The number of carbonyl (C=O) groups excluding carboxylic acids is 1. The first-order chi connectivity index (χ1) is 7.14. The van der Waals surface area contributed by atoms with E-state index in [2.05, 4.69) is 5.32 Å². The summed E-state index contributed by atoms with van der Waals surface area (Å²) in [5, 5.41) is 12.6. The minimum Gasteiger partial charge on any atom is -0.385 e. The summed E-state index contributed by atoms with van der Waals surface area (Å²) < 4.78 is 10.3. The number of methoxy groups -OCH3 is 2. The average molecular weight is 211 g/mol. The summed E-state index contributed by atoms with van der Waals surface area (Å²) in [7, 11) is 2.93. The minimum atomic E-state index is -1.16. The molecule has 0 saturated heterocycles. The molecule has 0 bridgehead atoms. The fraction of sp³-hybridized carbons (Fsp3) is 0.500. The van der Waals surface area contributed by atoms with Gasteiger partial charge in [-0.15, -0.1) is 0 Å². The number of rotatable bonds is 2. The molecular formula is C10H13NO4. The van der Waals surface area contributed by atoms with Gasteiger partial charge in [0.25, 0.3) is 0 Å². The molecule has 1 heterocycles. The molecule has 3 atom stereocenters. The Morgan fingerprint density at radius 3 is 2.87 bits per heavy atom. The predicted octanol–water partition coefficient (Wildman–Crippen LogP) is -0.669. The largest absolute Gasteiger partial charge is 0.385 e. The summed E-state index contributed by atoms with van der Waals surface area (Å²) in [6, 6.07) is 0. The first-order valence-electron chi connectivity index (χ1n) is 4.62. The van der Waals surface area contributed by atoms with Crippen LogP contribution >= 0.6 is 0 Å². The van der Waals surface area contributed by atoms with E-state index in [0.29, 0.717) is 5.57 Å². The van der Waals surface area contributed by atoms with Gasteiger partial charge in [0.15, 0.2) is 5.72 Å². The van der Waals surface area contributed by atoms with E-state index in [1.54, 1.807) is 12.2 Å². The van der Waals surface area contributed by atoms with Gasteiger partial charge in [-0.2, -0.15) is 0 Å². The zero-order chi connectivity index (χ0) is 11.1. The summed E-state index contributed by atoms with van der Waals surface area (Å²) in [5.41, 5.74) is -0.539. The van der Waals surface area contributed by atoms with Crippen LogP contribution in [-0.2, 0) is 14.3 Å². The molecule has 0 aromatic carbocycles. The Hall–Kier alpha value is -1.17. The number of hydrogen-bond acceptors (Lipinski definition) is 4. The third kappa shape index (κ3) is 1.31. The maximum Gasteiger partial charge on any atom is 0.246 e. The number of aliphatic hydroxyl groups excluding tert-OH is 1. The molecule has 0 spiro atoms. The molecule has 0 aromatic rings. The van der Waals surface area contributed by atoms with E-state index >= 15 is 0 Å². The highest BCUT2D eigenvalue weighted by atomic mass is 16.5. The number of hydrogen-bond donors (Lipinski definition) is 2. The lowest BCUT2D eigenvalue weighted by atomic mass is 9.89. The fourth-order valence-corrected chi connectivity index (χ4v) is 1.99. The Morgan fingerprint density at radius 2 is 2.27 bits per heavy atom. The third-order valence-electron chi connectivity index (χ3n) is 2.81. The Bertz CT molecular complexity index is 349. The highest BCUT2D eigenvalue weighted by Gasteiger charge is 2.51. The van der Waals surface area contributed by atoms with Crippen molar-refractivity contribution in [3.8, 4) is 0 Å². The summed E-state index contributed by atoms with van der Waals surface area (Å²) in [6.45, 7) is 0. The van der Waals surface area contributed by atoms with Gasteiger partial charge in [-0.25, -0.2) is 0 Å². The fourth-order valence-electron chi connectivity index (χ4n) is 1.99. The topological polar surface area (TPSA) is 67.8 Å². The molecular weight excluding hydrogens is 198 g/mol. The van der Waals surface area contributed by atoms with Gasteiger partial charge in [0, 0.05) is 25.9 Å². The van der Waals surface area contributed by atoms with Gasteiger partial charge in [0.2, 0.25) is 5.91 Å². The molecule has 1 amide bonds. The van der Waals surface area contributed by atoms with Crippen LogP contribution in [0, 0.1) is 0 Å². The minimum absolute atomic E-state index is 0.271. The van der Waals surface area contributed by atoms with Crippen LogP contribution in [0.25, 0.3) is 0 Å². The Balaban J connectivity index is 2.42. The highest BCUT2D eigenvalue weighted by Crippen LogP contribution is 2.34. The molecule has 0 saturated carbocycles. The van der Waals surface area contributed by atoms with E-state index < -0.39 is 17.9 Å². The van der Waals surface area contributed by atoms with E-state index in [-0.39, 0.29) is 5.91 Å². The van der Waals surface area contributed by atoms with Crippen molar-refractivity contribution in [1.29, 1.82) is 0 Å². The van der Waals surface area contributed by atoms with Crippen molar-refractivity contribution in [3.63, 3.8) is 0 Å². The van der Waals surface area contributed by atoms with Crippen molar-refractivity contribution in [2.24, 2.45) is 0 Å². The summed E-state index contributed by atoms with van der Waals surface area (Å²) in [5.74, 6) is -0.271. The standard InChI is InChI=1S/C10H13NO4/c1-14-7-4-3-6-5-8(12)11-10(6,15-2)9(7)13/h3-5,7,9,13H,1-2H3,(H,11,12)/t7-,9+,10-/m1/s1. The van der Waals surface area contributed by atoms with E-state index in [4.69, 9.17) is 9.47 Å². The Labute approximate surface area is 87.4 Å². The molecule has 1 aliphatic carbocycles. The van der Waals surface area contributed by atoms with Crippen LogP contribution in [0.4, 0.5) is 0 Å². The Kier molecular flexibility index (Phi) is 2.38. The summed E-state index contributed by atoms with van der Waals surface area (Å²) >= 11 is 0. The molecule has 15 heavy (non-hydrogen) atoms. The number of carbonyl (C=O) groups is 1. The summed E-state index contributed by atoms with van der Waals surface area (Å²) in [6.07, 6.45) is 3.40. The number of ether oxygens (including phenoxy) is 2. The van der Waals surface area contributed by atoms with Gasteiger partial charge < -0.3 is 19.9 Å². The second kappa shape index (κ2) is 3.44. The molecule has 82 valence electrons. The lowest BCUT2D eigenvalue weighted by molar-refractivity contribution is -0.146. The predicted molar refractivity (Wildman–Crippen MR) is 51.9 cm³/mol. The number of nitrogens with one attached hydrogen (secondary N) is 1. The second-order valence-corrected chi connectivity index (χ2v) is 3.53. The monoisotopic (exact) mass is 211 g/mol. The van der Waals surface area contributed by atoms with Gasteiger partial charge in [-0.3, -0.25) is 4.79 Å². The van der Waals surface area contributed by atoms with Gasteiger partial charge in [0.05, 0.1) is 0 Å². The van der Waals surface area contributed by atoms with Gasteiger partial charge in [0.1, 0.15) is 12.2 Å². The van der Waals surface area contributed by atoms with Crippen LogP contribution < -0.4 is 5.32 Å². The second-order valence-electron chi connectivity index (χ2n) is 3.53. The summed E-state index contributed by atoms with van der Waals surface area (Å²) in [4.78, 5) is 11.3. The average Bonchev–Trinajstić information content (AvgIpc) is 2.57. The number of fused-ring (bicyclic) bond motifs is 1. The maximum atomic E-state index is 11.3. The van der Waals surface area contributed by atoms with Crippen molar-refractivity contribution in [3.05, 3.63) is 23.8 Å². The lowest BCUT2D eigenvalue weighted by Crippen LogP contribution is -2.60. The van der Waals surface area contributed by atoms with Gasteiger partial charge >= 0.3 is 0 Å². The molecule has 2 N–H and O–H groups in total. The van der Waals surface area contributed by atoms with E-state index in [1.807, 2.05) is 0 Å². The zero-order valence-corrected chi connectivity index (χ0v) is 8.56. The highest BCUT2D eigenvalue weighted by molar-refractivity contribution is 5.93. The third-order valence-corrected chi connectivity index (χ3v) is 2.81. The van der Waals surface area contributed by atoms with Crippen LogP contribution in [0.2, 0.25) is 0 Å². The van der Waals surface area contributed by atoms with Gasteiger partial charge in [-0.1, -0.05) is 12.2 Å². The van der Waals surface area contributed by atoms with Crippen molar-refractivity contribution in [2.45, 2.75) is 17.9 Å². The smallest absolute Gasteiger partial charge is 0.246 e. The van der Waals surface area contributed by atoms with Crippen molar-refractivity contribution < 1.29 is 19.4 Å². The molecule has 0 fully saturated rings. The quantitative estimate of drug-likeness (QED) is 0.635. The molecule has 5 heteroatoms. The Morgan fingerprint density at radius 1 is 1.53 bits per heavy atom. The maximum absolute atomic E-state index is 11.3.